The first-order valence-electron chi connectivity index (χ1n) is 12.9. The maximum atomic E-state index is 2.46. The van der Waals surface area contributed by atoms with E-state index >= 15 is 0 Å². The summed E-state index contributed by atoms with van der Waals surface area (Å²) < 4.78 is 0. The molecule has 2 unspecified atom stereocenters. The lowest BCUT2D eigenvalue weighted by Crippen LogP contribution is -2.13. The van der Waals surface area contributed by atoms with Gasteiger partial charge in [-0.25, -0.2) is 0 Å². The van der Waals surface area contributed by atoms with E-state index in [9.17, 15) is 0 Å². The van der Waals surface area contributed by atoms with E-state index in [1.54, 1.807) is 0 Å². The van der Waals surface area contributed by atoms with Crippen molar-refractivity contribution in [1.29, 1.82) is 0 Å². The molecule has 0 amide bonds. The van der Waals surface area contributed by atoms with Crippen LogP contribution in [0, 0.1) is 11.8 Å². The number of fused-ring (bicyclic) bond motifs is 7. The van der Waals surface area contributed by atoms with Crippen molar-refractivity contribution in [3.63, 3.8) is 0 Å². The Bertz CT molecular complexity index is 2140. The quantitative estimate of drug-likeness (QED) is 0.201. The van der Waals surface area contributed by atoms with Crippen LogP contribution >= 0.6 is 0 Å². The molecule has 0 fully saturated rings. The minimum Gasteiger partial charge on any atom is -0.0767 e. The Kier molecular flexibility index (Phi) is 2.92. The third-order valence-corrected chi connectivity index (χ3v) is 9.22. The number of rotatable bonds is 0. The number of hydrogen-bond donors (Lipinski definition) is 0. The number of hydrogen-bond acceptors (Lipinski definition) is 0. The van der Waals surface area contributed by atoms with Crippen LogP contribution in [0.3, 0.4) is 0 Å². The Morgan fingerprint density at radius 2 is 1.00 bits per heavy atom. The third-order valence-electron chi connectivity index (χ3n) is 9.22. The molecule has 6 aromatic carbocycles. The van der Waals surface area contributed by atoms with Gasteiger partial charge in [-0.3, -0.25) is 0 Å². The van der Waals surface area contributed by atoms with Gasteiger partial charge in [0.05, 0.1) is 0 Å². The van der Waals surface area contributed by atoms with Crippen LogP contribution in [0.2, 0.25) is 0 Å². The molecule has 36 heavy (non-hydrogen) atoms. The Morgan fingerprint density at radius 3 is 1.75 bits per heavy atom. The summed E-state index contributed by atoms with van der Waals surface area (Å²) in [6, 6.07) is 28.2. The molecule has 0 nitrogen and oxygen atoms in total. The van der Waals surface area contributed by atoms with Crippen LogP contribution in [0.4, 0.5) is 0 Å². The topological polar surface area (TPSA) is 0 Å². The highest BCUT2D eigenvalue weighted by atomic mass is 14.4. The van der Waals surface area contributed by atoms with E-state index < -0.39 is 0 Å². The van der Waals surface area contributed by atoms with E-state index in [0.29, 0.717) is 11.8 Å². The Balaban J connectivity index is 1.31. The van der Waals surface area contributed by atoms with Gasteiger partial charge >= 0.3 is 0 Å². The smallest absolute Gasteiger partial charge is 0.0199 e. The highest BCUT2D eigenvalue weighted by Crippen LogP contribution is 2.56. The zero-order valence-corrected chi connectivity index (χ0v) is 19.5. The molecule has 2 atom stereocenters. The molecule has 0 heterocycles. The zero-order chi connectivity index (χ0) is 23.1. The Hall–Kier alpha value is -4.42. The maximum absolute atomic E-state index is 2.46. The van der Waals surface area contributed by atoms with E-state index in [0.717, 1.165) is 0 Å². The summed E-state index contributed by atoms with van der Waals surface area (Å²) in [4.78, 5) is 0. The van der Waals surface area contributed by atoms with Crippen LogP contribution in [-0.4, -0.2) is 0 Å². The molecule has 0 heteroatoms. The lowest BCUT2D eigenvalue weighted by Gasteiger charge is -2.25. The number of benzene rings is 6. The van der Waals surface area contributed by atoms with Crippen LogP contribution in [0.5, 0.6) is 0 Å². The Labute approximate surface area is 208 Å². The van der Waals surface area contributed by atoms with Crippen molar-refractivity contribution in [2.45, 2.75) is 0 Å². The second-order valence-corrected chi connectivity index (χ2v) is 10.9. The summed E-state index contributed by atoms with van der Waals surface area (Å²) in [7, 11) is 0. The molecule has 6 aromatic rings. The lowest BCUT2D eigenvalue weighted by molar-refractivity contribution is 0.707. The van der Waals surface area contributed by atoms with E-state index in [1.807, 2.05) is 0 Å². The molecule has 0 saturated carbocycles. The van der Waals surface area contributed by atoms with Crippen LogP contribution < -0.4 is 0 Å². The van der Waals surface area contributed by atoms with Crippen molar-refractivity contribution in [2.75, 3.05) is 0 Å². The van der Waals surface area contributed by atoms with Gasteiger partial charge in [0, 0.05) is 11.8 Å². The summed E-state index contributed by atoms with van der Waals surface area (Å²) in [6.07, 6.45) is 13.9. The molecule has 0 saturated heterocycles. The van der Waals surface area contributed by atoms with E-state index in [2.05, 4.69) is 109 Å². The molecule has 0 N–H and O–H groups in total. The molecule has 0 radical (unpaired) electrons. The van der Waals surface area contributed by atoms with Crippen molar-refractivity contribution >= 4 is 54.2 Å². The summed E-state index contributed by atoms with van der Waals surface area (Å²) in [5, 5.41) is 11.0. The summed E-state index contributed by atoms with van der Waals surface area (Å²) in [6.45, 7) is 0. The third kappa shape index (κ3) is 1.94. The van der Waals surface area contributed by atoms with Gasteiger partial charge in [0.25, 0.3) is 0 Å². The monoisotopic (exact) mass is 452 g/mol. The van der Waals surface area contributed by atoms with Crippen molar-refractivity contribution in [1.82, 2.24) is 0 Å². The SMILES string of the molecule is C1=CC2C=CC=C3c4cc5cc6c(cc5cc4C(=C1)C32)-c1ccc2ccc3cccc4cc-6c1c2c34. The summed E-state index contributed by atoms with van der Waals surface area (Å²) in [5.41, 5.74) is 11.3. The van der Waals surface area contributed by atoms with Crippen LogP contribution in [0.25, 0.3) is 76.5 Å². The van der Waals surface area contributed by atoms with Gasteiger partial charge in [-0.2, -0.15) is 0 Å². The van der Waals surface area contributed by atoms with Crippen LogP contribution in [-0.2, 0) is 0 Å². The van der Waals surface area contributed by atoms with Gasteiger partial charge in [0.2, 0.25) is 0 Å². The van der Waals surface area contributed by atoms with Gasteiger partial charge < -0.3 is 0 Å². The molecule has 0 aliphatic heterocycles. The van der Waals surface area contributed by atoms with Gasteiger partial charge in [0.15, 0.2) is 0 Å². The van der Waals surface area contributed by atoms with Gasteiger partial charge in [-0.05, 0) is 118 Å². The molecular formula is C36H20. The predicted octanol–water partition coefficient (Wildman–Crippen LogP) is 9.54. The highest BCUT2D eigenvalue weighted by molar-refractivity contribution is 6.32. The lowest BCUT2D eigenvalue weighted by atomic mass is 9.78. The predicted molar refractivity (Wildman–Crippen MR) is 153 cm³/mol. The minimum absolute atomic E-state index is 0.478. The fourth-order valence-corrected chi connectivity index (χ4v) is 7.73. The van der Waals surface area contributed by atoms with Crippen molar-refractivity contribution < 1.29 is 0 Å². The zero-order valence-electron chi connectivity index (χ0n) is 19.5. The van der Waals surface area contributed by atoms with Gasteiger partial charge in [-0.1, -0.05) is 78.9 Å². The maximum Gasteiger partial charge on any atom is 0.0199 e. The second kappa shape index (κ2) is 5.86. The molecule has 0 bridgehead atoms. The fraction of sp³-hybridized carbons (Fsp3) is 0.0556. The first-order chi connectivity index (χ1) is 17.8. The summed E-state index contributed by atoms with van der Waals surface area (Å²) in [5.74, 6) is 0.959. The average Bonchev–Trinajstić information content (AvgIpc) is 3.40. The number of allylic oxidation sites excluding steroid dienone is 8. The van der Waals surface area contributed by atoms with Crippen LogP contribution in [0.15, 0.2) is 109 Å². The van der Waals surface area contributed by atoms with Crippen LogP contribution in [0.1, 0.15) is 11.1 Å². The molecule has 0 spiro atoms. The highest BCUT2D eigenvalue weighted by Gasteiger charge is 2.37. The standard InChI is InChI=1S/C36H20/c1-4-20-10-11-21-12-13-27-30-17-23-15-28-25-8-2-5-19-6-3-9-26(34(19)25)29(28)16-24(23)18-31(30)32-14-22(7-1)33(20)35(21)36(27)32/h1-19,34H. The normalized spacial score (nSPS) is 20.3. The van der Waals surface area contributed by atoms with Crippen molar-refractivity contribution in [3.8, 4) is 22.3 Å². The molecule has 0 aromatic heterocycles. The average molecular weight is 453 g/mol. The molecule has 4 aliphatic carbocycles. The minimum atomic E-state index is 0.478. The first-order valence-corrected chi connectivity index (χ1v) is 12.9. The molecule has 4 aliphatic rings. The van der Waals surface area contributed by atoms with Gasteiger partial charge in [-0.15, -0.1) is 0 Å². The molecule has 10 rings (SSSR count). The van der Waals surface area contributed by atoms with Crippen molar-refractivity contribution in [3.05, 3.63) is 120 Å². The van der Waals surface area contributed by atoms with E-state index in [4.69, 9.17) is 0 Å². The Morgan fingerprint density at radius 1 is 0.417 bits per heavy atom. The van der Waals surface area contributed by atoms with Gasteiger partial charge in [0.1, 0.15) is 0 Å². The molecular weight excluding hydrogens is 432 g/mol. The largest absolute Gasteiger partial charge is 0.0767 e. The first kappa shape index (κ1) is 17.9. The molecule has 164 valence electrons. The second-order valence-electron chi connectivity index (χ2n) is 10.9. The van der Waals surface area contributed by atoms with E-state index in [1.165, 1.54) is 87.6 Å². The van der Waals surface area contributed by atoms with E-state index in [-0.39, 0.29) is 0 Å². The fourth-order valence-electron chi connectivity index (χ4n) is 7.73. The van der Waals surface area contributed by atoms with Crippen molar-refractivity contribution in [2.24, 2.45) is 11.8 Å². The summed E-state index contributed by atoms with van der Waals surface area (Å²) >= 11 is 0.